The number of rotatable bonds is 24. The number of thiophene rings is 1. The summed E-state index contributed by atoms with van der Waals surface area (Å²) in [6, 6.07) is 0. The van der Waals surface area contributed by atoms with Crippen LogP contribution >= 0.6 is 27.3 Å². The van der Waals surface area contributed by atoms with Crippen molar-refractivity contribution in [3.8, 4) is 11.5 Å². The van der Waals surface area contributed by atoms with Crippen molar-refractivity contribution < 1.29 is 28.4 Å². The predicted octanol–water partition coefficient (Wildman–Crippen LogP) is 8.05. The lowest BCUT2D eigenvalue weighted by molar-refractivity contribution is -0.0598. The monoisotopic (exact) mass is 594 g/mol. The van der Waals surface area contributed by atoms with Crippen LogP contribution in [0.4, 0.5) is 0 Å². The van der Waals surface area contributed by atoms with Gasteiger partial charge in [0.1, 0.15) is 17.0 Å². The molecule has 0 radical (unpaired) electrons. The summed E-state index contributed by atoms with van der Waals surface area (Å²) < 4.78 is 37.4. The lowest BCUT2D eigenvalue weighted by Crippen LogP contribution is -2.28. The van der Waals surface area contributed by atoms with Crippen molar-refractivity contribution in [3.63, 3.8) is 0 Å². The first-order chi connectivity index (χ1) is 17.5. The molecule has 1 heterocycles. The van der Waals surface area contributed by atoms with Gasteiger partial charge in [0.2, 0.25) is 0 Å². The van der Waals surface area contributed by atoms with Crippen LogP contribution in [0.3, 0.4) is 0 Å². The number of halogens is 1. The molecule has 4 unspecified atom stereocenters. The minimum absolute atomic E-state index is 0.00103. The van der Waals surface area contributed by atoms with Crippen molar-refractivity contribution in [1.82, 2.24) is 0 Å². The second-order valence-electron chi connectivity index (χ2n) is 9.06. The summed E-state index contributed by atoms with van der Waals surface area (Å²) in [5, 5.41) is 1.98. The molecule has 0 bridgehead atoms. The molecule has 0 aliphatic carbocycles. The summed E-state index contributed by atoms with van der Waals surface area (Å²) in [4.78, 5) is 0. The molecule has 8 heteroatoms. The number of ether oxygens (including phenoxy) is 6. The molecule has 36 heavy (non-hydrogen) atoms. The fourth-order valence-electron chi connectivity index (χ4n) is 3.31. The van der Waals surface area contributed by atoms with Gasteiger partial charge in [-0.2, -0.15) is 0 Å². The quantitative estimate of drug-likeness (QED) is 0.113. The van der Waals surface area contributed by atoms with Crippen molar-refractivity contribution in [2.75, 3.05) is 39.6 Å². The lowest BCUT2D eigenvalue weighted by atomic mass is 10.2. The summed E-state index contributed by atoms with van der Waals surface area (Å²) in [5.41, 5.74) is 0. The molecule has 0 spiro atoms. The van der Waals surface area contributed by atoms with Crippen LogP contribution in [-0.2, 0) is 18.9 Å². The van der Waals surface area contributed by atoms with Gasteiger partial charge < -0.3 is 28.4 Å². The zero-order chi connectivity index (χ0) is 26.6. The average Bonchev–Trinajstić information content (AvgIpc) is 3.25. The van der Waals surface area contributed by atoms with Gasteiger partial charge >= 0.3 is 0 Å². The minimum atomic E-state index is -0.00103. The van der Waals surface area contributed by atoms with E-state index < -0.39 is 0 Å². The molecule has 0 saturated heterocycles. The Morgan fingerprint density at radius 3 is 1.53 bits per heavy atom. The summed E-state index contributed by atoms with van der Waals surface area (Å²) in [5.74, 6) is 1.47. The molecule has 0 N–H and O–H groups in total. The van der Waals surface area contributed by atoms with Crippen molar-refractivity contribution in [1.29, 1.82) is 0 Å². The van der Waals surface area contributed by atoms with Crippen molar-refractivity contribution in [2.45, 2.75) is 117 Å². The van der Waals surface area contributed by atoms with E-state index in [9.17, 15) is 0 Å². The highest BCUT2D eigenvalue weighted by atomic mass is 79.9. The molecule has 4 atom stereocenters. The van der Waals surface area contributed by atoms with Gasteiger partial charge in [-0.05, 0) is 54.5 Å². The molecule has 0 aliphatic rings. The first kappa shape index (κ1) is 33.6. The number of hydrogen-bond acceptors (Lipinski definition) is 7. The lowest BCUT2D eigenvalue weighted by Gasteiger charge is -2.23. The van der Waals surface area contributed by atoms with Gasteiger partial charge in [0.25, 0.3) is 0 Å². The average molecular weight is 596 g/mol. The van der Waals surface area contributed by atoms with Crippen molar-refractivity contribution >= 4 is 27.3 Å². The molecule has 0 saturated carbocycles. The molecule has 0 aliphatic heterocycles. The second kappa shape index (κ2) is 21.5. The van der Waals surface area contributed by atoms with E-state index >= 15 is 0 Å². The predicted molar refractivity (Wildman–Crippen MR) is 153 cm³/mol. The highest BCUT2D eigenvalue weighted by Crippen LogP contribution is 2.41. The van der Waals surface area contributed by atoms with Gasteiger partial charge in [-0.15, -0.1) is 11.3 Å². The molecular formula is C28H51BrO6S. The Kier molecular flexibility index (Phi) is 20.1. The third-order valence-electron chi connectivity index (χ3n) is 6.07. The smallest absolute Gasteiger partial charge is 0.186 e. The summed E-state index contributed by atoms with van der Waals surface area (Å²) in [7, 11) is 0. The van der Waals surface area contributed by atoms with E-state index in [0.29, 0.717) is 26.4 Å². The van der Waals surface area contributed by atoms with E-state index in [1.165, 1.54) is 0 Å². The fraction of sp³-hybridized carbons (Fsp3) is 0.857. The van der Waals surface area contributed by atoms with Crippen LogP contribution in [0.2, 0.25) is 0 Å². The van der Waals surface area contributed by atoms with Crippen LogP contribution in [0.5, 0.6) is 11.5 Å². The minimum Gasteiger partial charge on any atom is -0.486 e. The number of unbranched alkanes of at least 4 members (excludes halogenated alkanes) is 2. The van der Waals surface area contributed by atoms with Gasteiger partial charge in [0.15, 0.2) is 11.5 Å². The van der Waals surface area contributed by atoms with Crippen LogP contribution in [-0.4, -0.2) is 64.1 Å². The molecule has 1 aromatic rings. The Morgan fingerprint density at radius 1 is 0.639 bits per heavy atom. The van der Waals surface area contributed by atoms with Crippen LogP contribution in [0.15, 0.2) is 9.17 Å². The molecule has 212 valence electrons. The van der Waals surface area contributed by atoms with Crippen LogP contribution in [0.1, 0.15) is 92.9 Å². The number of hydrogen-bond donors (Lipinski definition) is 0. The summed E-state index contributed by atoms with van der Waals surface area (Å²) >= 11 is 5.18. The van der Waals surface area contributed by atoms with Crippen LogP contribution in [0.25, 0.3) is 0 Å². The van der Waals surface area contributed by atoms with E-state index in [4.69, 9.17) is 28.4 Å². The van der Waals surface area contributed by atoms with Gasteiger partial charge in [0, 0.05) is 18.6 Å². The maximum Gasteiger partial charge on any atom is 0.186 e. The standard InChI is InChI=1S/C28H51BrO6S/c1-7-13-15-30-22(9-3)17-32-24(11-5)19-34-26-21-36-28(29)27(26)35-20-25(12-6)33-18-23(10-4)31-16-14-8-2/h21-25H,7-20H2,1-6H3. The van der Waals surface area contributed by atoms with Crippen molar-refractivity contribution in [2.24, 2.45) is 0 Å². The maximum absolute atomic E-state index is 6.17. The van der Waals surface area contributed by atoms with Gasteiger partial charge in [-0.1, -0.05) is 54.4 Å². The van der Waals surface area contributed by atoms with Crippen LogP contribution < -0.4 is 9.47 Å². The Labute approximate surface area is 232 Å². The van der Waals surface area contributed by atoms with E-state index in [1.807, 2.05) is 5.38 Å². The molecule has 0 amide bonds. The maximum atomic E-state index is 6.17. The van der Waals surface area contributed by atoms with Gasteiger partial charge in [-0.25, -0.2) is 0 Å². The zero-order valence-electron chi connectivity index (χ0n) is 23.5. The summed E-state index contributed by atoms with van der Waals surface area (Å²) in [6.45, 7) is 16.6. The molecule has 6 nitrogen and oxygen atoms in total. The largest absolute Gasteiger partial charge is 0.486 e. The highest BCUT2D eigenvalue weighted by molar-refractivity contribution is 9.11. The molecule has 1 aromatic heterocycles. The van der Waals surface area contributed by atoms with Gasteiger partial charge in [-0.3, -0.25) is 0 Å². The normalized spacial score (nSPS) is 15.0. The van der Waals surface area contributed by atoms with E-state index in [1.54, 1.807) is 11.3 Å². The third-order valence-corrected chi connectivity index (χ3v) is 7.72. The summed E-state index contributed by atoms with van der Waals surface area (Å²) in [6.07, 6.45) is 8.35. The molecule has 0 aromatic carbocycles. The zero-order valence-corrected chi connectivity index (χ0v) is 25.9. The highest BCUT2D eigenvalue weighted by Gasteiger charge is 2.19. The fourth-order valence-corrected chi connectivity index (χ4v) is 4.55. The SMILES string of the molecule is CCCCOC(CC)COC(CC)COc1csc(Br)c1OCC(CC)OCC(CC)OCCCC. The van der Waals surface area contributed by atoms with Gasteiger partial charge in [0.05, 0.1) is 37.6 Å². The van der Waals surface area contributed by atoms with Crippen LogP contribution in [0, 0.1) is 0 Å². The Balaban J connectivity index is 2.53. The Bertz CT molecular complexity index is 644. The Morgan fingerprint density at radius 2 is 1.08 bits per heavy atom. The van der Waals surface area contributed by atoms with E-state index in [2.05, 4.69) is 57.5 Å². The third kappa shape index (κ3) is 14.0. The second-order valence-corrected chi connectivity index (χ2v) is 11.3. The molecular weight excluding hydrogens is 544 g/mol. The van der Waals surface area contributed by atoms with Crippen molar-refractivity contribution in [3.05, 3.63) is 9.17 Å². The molecule has 0 fully saturated rings. The first-order valence-corrected chi connectivity index (χ1v) is 15.7. The Hall–Kier alpha value is -0.380. The first-order valence-electron chi connectivity index (χ1n) is 14.0. The van der Waals surface area contributed by atoms with E-state index in [0.717, 1.165) is 79.9 Å². The topological polar surface area (TPSA) is 55.4 Å². The van der Waals surface area contributed by atoms with E-state index in [-0.39, 0.29) is 24.4 Å². The molecule has 1 rings (SSSR count).